The van der Waals surface area contributed by atoms with Gasteiger partial charge in [-0.3, -0.25) is 14.9 Å². The third kappa shape index (κ3) is 4.42. The van der Waals surface area contributed by atoms with Crippen LogP contribution in [0.3, 0.4) is 0 Å². The van der Waals surface area contributed by atoms with E-state index < -0.39 is 10.8 Å². The van der Waals surface area contributed by atoms with Crippen LogP contribution >= 0.6 is 11.8 Å². The number of hydrogen-bond donors (Lipinski definition) is 1. The minimum atomic E-state index is -0.621. The molecule has 1 amide bonds. The lowest BCUT2D eigenvalue weighted by Crippen LogP contribution is -2.16. The highest BCUT2D eigenvalue weighted by molar-refractivity contribution is 7.99. The Morgan fingerprint density at radius 1 is 1.34 bits per heavy atom. The van der Waals surface area contributed by atoms with Crippen LogP contribution in [0.4, 0.5) is 11.5 Å². The zero-order chi connectivity index (χ0) is 22.7. The van der Waals surface area contributed by atoms with Crippen LogP contribution in [0.25, 0.3) is 0 Å². The molecule has 1 N–H and O–H groups in total. The Kier molecular flexibility index (Phi) is 6.09. The normalized spacial score (nSPS) is 13.6. The van der Waals surface area contributed by atoms with Crippen LogP contribution in [-0.2, 0) is 7.05 Å². The number of aryl methyl sites for hydroxylation is 1. The van der Waals surface area contributed by atoms with Crippen molar-refractivity contribution >= 4 is 29.2 Å². The SMILES string of the molecule is Cn1nnnc1Sc1ccc([N+](=O)[O-])cc1C(=O)Nc1ncc(C2CCCC2)cc1C#N. The van der Waals surface area contributed by atoms with Gasteiger partial charge >= 0.3 is 0 Å². The molecule has 2 heterocycles. The molecule has 162 valence electrons. The number of carbonyl (C=O) groups excluding carboxylic acids is 1. The van der Waals surface area contributed by atoms with Gasteiger partial charge in [0.15, 0.2) is 5.82 Å². The number of nitriles is 1. The number of nitro groups is 1. The topological polar surface area (TPSA) is 153 Å². The Balaban J connectivity index is 1.65. The van der Waals surface area contributed by atoms with E-state index in [-0.39, 0.29) is 22.6 Å². The summed E-state index contributed by atoms with van der Waals surface area (Å²) in [6, 6.07) is 7.79. The molecule has 11 nitrogen and oxygen atoms in total. The summed E-state index contributed by atoms with van der Waals surface area (Å²) in [5.41, 5.74) is 1.05. The second-order valence-corrected chi connectivity index (χ2v) is 8.35. The van der Waals surface area contributed by atoms with Gasteiger partial charge in [-0.2, -0.15) is 5.26 Å². The first-order valence-corrected chi connectivity index (χ1v) is 10.7. The first-order valence-electron chi connectivity index (χ1n) is 9.86. The smallest absolute Gasteiger partial charge is 0.270 e. The first-order chi connectivity index (χ1) is 15.5. The number of tetrazole rings is 1. The minimum Gasteiger partial charge on any atom is -0.305 e. The highest BCUT2D eigenvalue weighted by Gasteiger charge is 2.22. The molecule has 1 aromatic carbocycles. The molecule has 12 heteroatoms. The van der Waals surface area contributed by atoms with E-state index >= 15 is 0 Å². The second kappa shape index (κ2) is 9.11. The Morgan fingerprint density at radius 2 is 2.12 bits per heavy atom. The molecule has 0 bridgehead atoms. The largest absolute Gasteiger partial charge is 0.305 e. The van der Waals surface area contributed by atoms with Crippen molar-refractivity contribution in [1.29, 1.82) is 5.26 Å². The summed E-state index contributed by atoms with van der Waals surface area (Å²) >= 11 is 1.09. The predicted octanol–water partition coefficient (Wildman–Crippen LogP) is 3.45. The highest BCUT2D eigenvalue weighted by atomic mass is 32.2. The van der Waals surface area contributed by atoms with Crippen LogP contribution in [0, 0.1) is 21.4 Å². The predicted molar refractivity (Wildman–Crippen MR) is 114 cm³/mol. The maximum atomic E-state index is 13.1. The Bertz CT molecular complexity index is 1230. The maximum Gasteiger partial charge on any atom is 0.270 e. The number of benzene rings is 1. The number of nitrogens with zero attached hydrogens (tertiary/aromatic N) is 7. The van der Waals surface area contributed by atoms with Gasteiger partial charge in [0.1, 0.15) is 6.07 Å². The average molecular weight is 450 g/mol. The van der Waals surface area contributed by atoms with Crippen LogP contribution in [0.15, 0.2) is 40.5 Å². The molecule has 1 saturated carbocycles. The molecule has 0 radical (unpaired) electrons. The Hall–Kier alpha value is -3.85. The van der Waals surface area contributed by atoms with Crippen molar-refractivity contribution < 1.29 is 9.72 Å². The molecule has 4 rings (SSSR count). The van der Waals surface area contributed by atoms with Gasteiger partial charge in [0, 0.05) is 30.3 Å². The fourth-order valence-electron chi connectivity index (χ4n) is 3.63. The number of aromatic nitrogens is 5. The molecule has 1 aliphatic carbocycles. The maximum absolute atomic E-state index is 13.1. The number of nitro benzene ring substituents is 1. The molecule has 1 aliphatic rings. The molecule has 32 heavy (non-hydrogen) atoms. The van der Waals surface area contributed by atoms with Crippen molar-refractivity contribution in [2.24, 2.45) is 7.05 Å². The van der Waals surface area contributed by atoms with Crippen molar-refractivity contribution in [3.63, 3.8) is 0 Å². The number of nitrogens with one attached hydrogen (secondary N) is 1. The summed E-state index contributed by atoms with van der Waals surface area (Å²) in [5, 5.41) is 35.0. The van der Waals surface area contributed by atoms with Gasteiger partial charge < -0.3 is 5.32 Å². The molecule has 1 fully saturated rings. The first kappa shape index (κ1) is 21.4. The fraction of sp³-hybridized carbons (Fsp3) is 0.300. The molecule has 0 saturated heterocycles. The van der Waals surface area contributed by atoms with Gasteiger partial charge in [0.25, 0.3) is 11.6 Å². The molecule has 0 spiro atoms. The summed E-state index contributed by atoms with van der Waals surface area (Å²) in [5.74, 6) is -0.134. The van der Waals surface area contributed by atoms with Crippen molar-refractivity contribution in [2.75, 3.05) is 5.32 Å². The lowest BCUT2D eigenvalue weighted by atomic mass is 9.98. The second-order valence-electron chi connectivity index (χ2n) is 7.34. The van der Waals surface area contributed by atoms with Crippen LogP contribution in [0.5, 0.6) is 0 Å². The molecule has 0 aliphatic heterocycles. The molecular formula is C20H18N8O3S. The van der Waals surface area contributed by atoms with Crippen LogP contribution < -0.4 is 5.32 Å². The Labute approximate surface area is 187 Å². The van der Waals surface area contributed by atoms with Gasteiger partial charge in [0.05, 0.1) is 16.1 Å². The van der Waals surface area contributed by atoms with Crippen LogP contribution in [0.1, 0.15) is 53.1 Å². The van der Waals surface area contributed by atoms with E-state index in [1.54, 1.807) is 19.3 Å². The number of non-ortho nitro benzene ring substituents is 1. The quantitative estimate of drug-likeness (QED) is 0.439. The van der Waals surface area contributed by atoms with E-state index in [4.69, 9.17) is 0 Å². The van der Waals surface area contributed by atoms with Crippen LogP contribution in [0.2, 0.25) is 0 Å². The number of rotatable bonds is 6. The van der Waals surface area contributed by atoms with Gasteiger partial charge in [-0.25, -0.2) is 9.67 Å². The molecule has 3 aromatic rings. The number of hydrogen-bond acceptors (Lipinski definition) is 9. The van der Waals surface area contributed by atoms with Gasteiger partial charge in [-0.1, -0.05) is 12.8 Å². The van der Waals surface area contributed by atoms with Crippen molar-refractivity contribution in [2.45, 2.75) is 41.7 Å². The van der Waals surface area contributed by atoms with Crippen molar-refractivity contribution in [3.05, 3.63) is 57.3 Å². The number of carbonyl (C=O) groups is 1. The van der Waals surface area contributed by atoms with E-state index in [0.29, 0.717) is 16.0 Å². The van der Waals surface area contributed by atoms with E-state index in [9.17, 15) is 20.2 Å². The summed E-state index contributed by atoms with van der Waals surface area (Å²) < 4.78 is 1.42. The zero-order valence-corrected chi connectivity index (χ0v) is 17.9. The molecular weight excluding hydrogens is 432 g/mol. The monoisotopic (exact) mass is 450 g/mol. The summed E-state index contributed by atoms with van der Waals surface area (Å²) in [7, 11) is 1.64. The van der Waals surface area contributed by atoms with Gasteiger partial charge in [-0.05, 0) is 58.6 Å². The van der Waals surface area contributed by atoms with Crippen LogP contribution in [-0.4, -0.2) is 36.0 Å². The molecule has 0 unspecified atom stereocenters. The minimum absolute atomic E-state index is 0.0535. The Morgan fingerprint density at radius 3 is 2.78 bits per heavy atom. The average Bonchev–Trinajstić information content (AvgIpc) is 3.46. The number of amides is 1. The summed E-state index contributed by atoms with van der Waals surface area (Å²) in [4.78, 5) is 28.5. The van der Waals surface area contributed by atoms with E-state index in [0.717, 1.165) is 43.0 Å². The summed E-state index contributed by atoms with van der Waals surface area (Å²) in [6.45, 7) is 0. The highest BCUT2D eigenvalue weighted by Crippen LogP contribution is 2.35. The molecule has 0 atom stereocenters. The van der Waals surface area contributed by atoms with Gasteiger partial charge in [-0.15, -0.1) is 5.10 Å². The third-order valence-corrected chi connectivity index (χ3v) is 6.39. The van der Waals surface area contributed by atoms with E-state index in [1.807, 2.05) is 0 Å². The number of anilines is 1. The van der Waals surface area contributed by atoms with E-state index in [1.165, 1.54) is 22.9 Å². The third-order valence-electron chi connectivity index (χ3n) is 5.29. The standard InChI is InChI=1S/C20H18N8O3S/c1-27-20(24-25-26-27)32-17-7-6-15(28(30)31)9-16(17)19(29)23-18-13(10-21)8-14(11-22-18)12-4-2-3-5-12/h6-9,11-12H,2-5H2,1H3,(H,22,23,29). The fourth-order valence-corrected chi connectivity index (χ4v) is 4.47. The lowest BCUT2D eigenvalue weighted by molar-refractivity contribution is -0.384. The zero-order valence-electron chi connectivity index (χ0n) is 17.1. The number of pyridine rings is 1. The van der Waals surface area contributed by atoms with Gasteiger partial charge in [0.2, 0.25) is 5.16 Å². The summed E-state index contributed by atoms with van der Waals surface area (Å²) in [6.07, 6.45) is 6.10. The van der Waals surface area contributed by atoms with E-state index in [2.05, 4.69) is 31.9 Å². The lowest BCUT2D eigenvalue weighted by Gasteiger charge is -2.13. The van der Waals surface area contributed by atoms with Crippen molar-refractivity contribution in [3.8, 4) is 6.07 Å². The van der Waals surface area contributed by atoms with Crippen molar-refractivity contribution in [1.82, 2.24) is 25.2 Å². The molecule has 2 aromatic heterocycles.